The molecule has 0 saturated carbocycles. The molecule has 0 N–H and O–H groups in total. The van der Waals surface area contributed by atoms with E-state index < -0.39 is 0 Å². The third-order valence-corrected chi connectivity index (χ3v) is 3.37. The topological polar surface area (TPSA) is 6.25 Å². The van der Waals surface area contributed by atoms with Gasteiger partial charge < -0.3 is 24.0 Å². The number of rotatable bonds is 1. The largest absolute Gasteiger partial charge is 1.00 e. The van der Waals surface area contributed by atoms with E-state index in [1.807, 2.05) is 0 Å². The Bertz CT molecular complexity index is 371. The monoisotopic (exact) mass is 350 g/mol. The van der Waals surface area contributed by atoms with Gasteiger partial charge in [0.15, 0.2) is 0 Å². The van der Waals surface area contributed by atoms with E-state index in [4.69, 9.17) is 0 Å². The summed E-state index contributed by atoms with van der Waals surface area (Å²) in [5.74, 6) is 0. The van der Waals surface area contributed by atoms with Crippen LogP contribution in [0.25, 0.3) is 0 Å². The van der Waals surface area contributed by atoms with Crippen molar-refractivity contribution in [2.45, 2.75) is 11.8 Å². The molecular weight excluding hydrogens is 331 g/mol. The molecule has 0 radical (unpaired) electrons. The number of amidine groups is 1. The van der Waals surface area contributed by atoms with Gasteiger partial charge in [-0.15, -0.1) is 0 Å². The first-order valence-electron chi connectivity index (χ1n) is 4.97. The molecule has 2 nitrogen and oxygen atoms in total. The van der Waals surface area contributed by atoms with Crippen molar-refractivity contribution in [3.63, 3.8) is 0 Å². The molecular formula is C12H19IN2S. The van der Waals surface area contributed by atoms with E-state index in [0.717, 1.165) is 0 Å². The molecule has 0 unspecified atom stereocenters. The molecule has 0 aliphatic rings. The molecule has 16 heavy (non-hydrogen) atoms. The first-order valence-corrected chi connectivity index (χ1v) is 5.78. The van der Waals surface area contributed by atoms with Crippen LogP contribution in [0.2, 0.25) is 0 Å². The molecule has 0 saturated heterocycles. The molecule has 0 spiro atoms. The molecule has 0 aliphatic heterocycles. The zero-order valence-electron chi connectivity index (χ0n) is 10.5. The van der Waals surface area contributed by atoms with Gasteiger partial charge in [0.05, 0.1) is 28.2 Å². The number of hydrogen-bond donors (Lipinski definition) is 0. The fourth-order valence-corrected chi connectivity index (χ4v) is 2.33. The Labute approximate surface area is 120 Å². The molecule has 4 heteroatoms. The van der Waals surface area contributed by atoms with Crippen LogP contribution in [-0.2, 0) is 0 Å². The summed E-state index contributed by atoms with van der Waals surface area (Å²) in [5, 5.41) is 1.24. The van der Waals surface area contributed by atoms with Gasteiger partial charge in [-0.05, 0) is 30.8 Å². The van der Waals surface area contributed by atoms with Gasteiger partial charge in [0.2, 0.25) is 0 Å². The molecule has 90 valence electrons. The summed E-state index contributed by atoms with van der Waals surface area (Å²) in [7, 11) is 8.27. The Morgan fingerprint density at radius 1 is 1.25 bits per heavy atom. The average Bonchev–Trinajstić information content (AvgIpc) is 2.13. The van der Waals surface area contributed by atoms with Gasteiger partial charge in [-0.2, -0.15) is 0 Å². The highest BCUT2D eigenvalue weighted by Gasteiger charge is 2.13. The van der Waals surface area contributed by atoms with Crippen LogP contribution in [0.3, 0.4) is 0 Å². The van der Waals surface area contributed by atoms with Crippen molar-refractivity contribution in [3.8, 4) is 0 Å². The van der Waals surface area contributed by atoms with Gasteiger partial charge in [-0.25, -0.2) is 0 Å². The van der Waals surface area contributed by atoms with Gasteiger partial charge in [-0.3, -0.25) is 9.48 Å². The molecule has 0 bridgehead atoms. The summed E-state index contributed by atoms with van der Waals surface area (Å²) < 4.78 is 2.13. The fourth-order valence-electron chi connectivity index (χ4n) is 1.37. The second-order valence-corrected chi connectivity index (χ2v) is 5.03. The normalized spacial score (nSPS) is 9.31. The zero-order chi connectivity index (χ0) is 11.4. The Hall–Kier alpha value is -0.230. The van der Waals surface area contributed by atoms with Crippen molar-refractivity contribution < 1.29 is 28.6 Å². The predicted molar refractivity (Wildman–Crippen MR) is 67.8 cm³/mol. The van der Waals surface area contributed by atoms with Crippen molar-refractivity contribution in [1.29, 1.82) is 0 Å². The van der Waals surface area contributed by atoms with E-state index in [9.17, 15) is 0 Å². The first kappa shape index (κ1) is 15.8. The predicted octanol–water partition coefficient (Wildman–Crippen LogP) is -0.719. The van der Waals surface area contributed by atoms with Crippen molar-refractivity contribution in [2.75, 3.05) is 28.2 Å². The number of nitrogens with zero attached hydrogens (tertiary/aromatic N) is 2. The minimum Gasteiger partial charge on any atom is -1.00 e. The number of aryl methyl sites for hydroxylation is 1. The molecule has 0 fully saturated rings. The van der Waals surface area contributed by atoms with Crippen molar-refractivity contribution >= 4 is 16.9 Å². The highest BCUT2D eigenvalue weighted by Crippen LogP contribution is 2.20. The Morgan fingerprint density at radius 2 is 1.88 bits per heavy atom. The quantitative estimate of drug-likeness (QED) is 0.217. The number of benzene rings is 1. The van der Waals surface area contributed by atoms with Crippen molar-refractivity contribution in [1.82, 2.24) is 4.90 Å². The van der Waals surface area contributed by atoms with Crippen LogP contribution in [0.1, 0.15) is 5.56 Å². The van der Waals surface area contributed by atoms with E-state index >= 15 is 0 Å². The maximum absolute atomic E-state index is 2.21. The molecule has 1 rings (SSSR count). The van der Waals surface area contributed by atoms with Crippen LogP contribution in [-0.4, -0.2) is 42.8 Å². The average molecular weight is 350 g/mol. The van der Waals surface area contributed by atoms with E-state index in [1.54, 1.807) is 11.8 Å². The minimum atomic E-state index is 0. The Kier molecular flexibility index (Phi) is 7.06. The van der Waals surface area contributed by atoms with Gasteiger partial charge in [0.25, 0.3) is 0 Å². The number of halogens is 1. The molecule has 0 aromatic heterocycles. The van der Waals surface area contributed by atoms with E-state index in [-0.39, 0.29) is 24.0 Å². The standard InChI is InChI=1S/C12H19N2S.HI/c1-10-7-6-8-11(9-10)15-12(13(2)3)14(4)5;/h6-9H,1-5H3;1H/q+1;/p-1. The summed E-state index contributed by atoms with van der Waals surface area (Å²) in [5.41, 5.74) is 1.30. The van der Waals surface area contributed by atoms with Crippen LogP contribution in [0.4, 0.5) is 0 Å². The van der Waals surface area contributed by atoms with E-state index in [1.165, 1.54) is 15.6 Å². The second kappa shape index (κ2) is 7.17. The van der Waals surface area contributed by atoms with Crippen LogP contribution >= 0.6 is 11.8 Å². The van der Waals surface area contributed by atoms with Gasteiger partial charge in [0, 0.05) is 4.90 Å². The summed E-state index contributed by atoms with van der Waals surface area (Å²) in [4.78, 5) is 3.42. The van der Waals surface area contributed by atoms with Crippen LogP contribution in [0.5, 0.6) is 0 Å². The summed E-state index contributed by atoms with van der Waals surface area (Å²) >= 11 is 1.79. The van der Waals surface area contributed by atoms with Crippen LogP contribution in [0, 0.1) is 6.92 Å². The van der Waals surface area contributed by atoms with Gasteiger partial charge >= 0.3 is 5.17 Å². The first-order chi connectivity index (χ1) is 7.00. The van der Waals surface area contributed by atoms with Gasteiger partial charge in [0.1, 0.15) is 0 Å². The van der Waals surface area contributed by atoms with Gasteiger partial charge in [-0.1, -0.05) is 17.7 Å². The smallest absolute Gasteiger partial charge is 0.312 e. The molecule has 1 aromatic carbocycles. The maximum Gasteiger partial charge on any atom is 0.312 e. The van der Waals surface area contributed by atoms with Crippen LogP contribution < -0.4 is 24.0 Å². The SMILES string of the molecule is Cc1cccc(SC(N(C)C)=[N+](C)C)c1.[I-]. The lowest BCUT2D eigenvalue weighted by molar-refractivity contribution is -0.466. The third-order valence-electron chi connectivity index (χ3n) is 1.96. The lowest BCUT2D eigenvalue weighted by Gasteiger charge is -2.10. The Balaban J connectivity index is 0.00000225. The molecule has 0 amide bonds. The molecule has 1 aromatic rings. The number of hydrogen-bond acceptors (Lipinski definition) is 1. The highest BCUT2D eigenvalue weighted by molar-refractivity contribution is 8.13. The van der Waals surface area contributed by atoms with Crippen LogP contribution in [0.15, 0.2) is 29.2 Å². The van der Waals surface area contributed by atoms with E-state index in [2.05, 4.69) is 68.9 Å². The zero-order valence-corrected chi connectivity index (χ0v) is 13.5. The van der Waals surface area contributed by atoms with Crippen molar-refractivity contribution in [2.24, 2.45) is 0 Å². The summed E-state index contributed by atoms with van der Waals surface area (Å²) in [6.07, 6.45) is 0. The highest BCUT2D eigenvalue weighted by atomic mass is 127. The Morgan fingerprint density at radius 3 is 2.31 bits per heavy atom. The summed E-state index contributed by atoms with van der Waals surface area (Å²) in [6.45, 7) is 2.12. The molecule has 0 heterocycles. The molecule has 0 atom stereocenters. The lowest BCUT2D eigenvalue weighted by Crippen LogP contribution is -3.00. The van der Waals surface area contributed by atoms with E-state index in [0.29, 0.717) is 0 Å². The molecule has 0 aliphatic carbocycles. The fraction of sp³-hybridized carbons (Fsp3) is 0.417. The summed E-state index contributed by atoms with van der Waals surface area (Å²) in [6, 6.07) is 8.57. The minimum absolute atomic E-state index is 0. The lowest BCUT2D eigenvalue weighted by atomic mass is 10.2. The second-order valence-electron chi connectivity index (χ2n) is 3.99. The third kappa shape index (κ3) is 4.74. The maximum atomic E-state index is 2.21. The van der Waals surface area contributed by atoms with Crippen molar-refractivity contribution in [3.05, 3.63) is 29.8 Å². The number of thioether (sulfide) groups is 1.